The third-order valence-corrected chi connectivity index (χ3v) is 3.87. The quantitative estimate of drug-likeness (QED) is 0.577. The van der Waals surface area contributed by atoms with E-state index in [2.05, 4.69) is 24.4 Å². The molecule has 0 saturated heterocycles. The highest BCUT2D eigenvalue weighted by molar-refractivity contribution is 6.36. The normalized spacial score (nSPS) is 11.1. The van der Waals surface area contributed by atoms with Crippen molar-refractivity contribution >= 4 is 35.3 Å². The molecular formula is C18H18Cl2N2O3. The number of phenolic OH excluding ortho intramolecular Hbond substituents is 1. The molecule has 0 heterocycles. The molecule has 25 heavy (non-hydrogen) atoms. The first kappa shape index (κ1) is 19.1. The second-order valence-corrected chi connectivity index (χ2v) is 6.47. The van der Waals surface area contributed by atoms with Gasteiger partial charge in [-0.2, -0.15) is 5.10 Å². The number of ether oxygens (including phenoxy) is 1. The highest BCUT2D eigenvalue weighted by atomic mass is 35.5. The number of phenols is 1. The van der Waals surface area contributed by atoms with Gasteiger partial charge in [0.05, 0.1) is 11.2 Å². The molecule has 0 fully saturated rings. The molecule has 2 aromatic rings. The van der Waals surface area contributed by atoms with Crippen molar-refractivity contribution in [3.63, 3.8) is 0 Å². The van der Waals surface area contributed by atoms with Crippen molar-refractivity contribution in [2.45, 2.75) is 19.8 Å². The Morgan fingerprint density at radius 3 is 2.60 bits per heavy atom. The van der Waals surface area contributed by atoms with E-state index in [-0.39, 0.29) is 17.4 Å². The summed E-state index contributed by atoms with van der Waals surface area (Å²) in [5, 5.41) is 14.0. The average molecular weight is 381 g/mol. The first-order chi connectivity index (χ1) is 11.9. The summed E-state index contributed by atoms with van der Waals surface area (Å²) in [6.45, 7) is 4.03. The number of aromatic hydroxyl groups is 1. The number of hydrogen-bond acceptors (Lipinski definition) is 4. The molecule has 0 saturated carbocycles. The molecule has 0 aliphatic rings. The SMILES string of the molecule is CC(C)c1ccc(OCC(=O)NN=Cc2cc(Cl)cc(Cl)c2O)cc1. The van der Waals surface area contributed by atoms with Crippen molar-refractivity contribution < 1.29 is 14.6 Å². The molecule has 0 unspecified atom stereocenters. The number of halogens is 2. The van der Waals surface area contributed by atoms with E-state index < -0.39 is 5.91 Å². The molecule has 2 N–H and O–H groups in total. The number of nitrogens with zero attached hydrogens (tertiary/aromatic N) is 1. The summed E-state index contributed by atoms with van der Waals surface area (Å²) >= 11 is 11.7. The van der Waals surface area contributed by atoms with Gasteiger partial charge in [-0.3, -0.25) is 4.79 Å². The zero-order chi connectivity index (χ0) is 18.4. The predicted octanol–water partition coefficient (Wildman–Crippen LogP) is 4.35. The number of carbonyl (C=O) groups excluding carboxylic acids is 1. The molecule has 132 valence electrons. The maximum atomic E-state index is 11.7. The van der Waals surface area contributed by atoms with Gasteiger partial charge in [0.2, 0.25) is 0 Å². The van der Waals surface area contributed by atoms with Crippen LogP contribution in [0.2, 0.25) is 10.0 Å². The monoisotopic (exact) mass is 380 g/mol. The van der Waals surface area contributed by atoms with Crippen molar-refractivity contribution in [1.29, 1.82) is 0 Å². The summed E-state index contributed by atoms with van der Waals surface area (Å²) in [7, 11) is 0. The van der Waals surface area contributed by atoms with Gasteiger partial charge in [-0.05, 0) is 35.7 Å². The van der Waals surface area contributed by atoms with Gasteiger partial charge >= 0.3 is 0 Å². The highest BCUT2D eigenvalue weighted by Gasteiger charge is 2.07. The van der Waals surface area contributed by atoms with Crippen molar-refractivity contribution in [1.82, 2.24) is 5.43 Å². The molecule has 2 aromatic carbocycles. The Morgan fingerprint density at radius 1 is 1.28 bits per heavy atom. The standard InChI is InChI=1S/C18H18Cl2N2O3/c1-11(2)12-3-5-15(6-4-12)25-10-17(23)22-21-9-13-7-14(19)8-16(20)18(13)24/h3-9,11,24H,10H2,1-2H3,(H,22,23). The van der Waals surface area contributed by atoms with Gasteiger partial charge in [0.15, 0.2) is 6.61 Å². The second-order valence-electron chi connectivity index (χ2n) is 5.63. The van der Waals surface area contributed by atoms with Crippen LogP contribution in [0, 0.1) is 0 Å². The fourth-order valence-electron chi connectivity index (χ4n) is 1.99. The van der Waals surface area contributed by atoms with Gasteiger partial charge in [0, 0.05) is 10.6 Å². The fourth-order valence-corrected chi connectivity index (χ4v) is 2.50. The molecule has 0 aliphatic heterocycles. The minimum atomic E-state index is -0.434. The second kappa shape index (κ2) is 8.74. The molecule has 0 aromatic heterocycles. The van der Waals surface area contributed by atoms with Crippen LogP contribution in [0.25, 0.3) is 0 Å². The third kappa shape index (κ3) is 5.66. The van der Waals surface area contributed by atoms with Crippen LogP contribution in [0.4, 0.5) is 0 Å². The topological polar surface area (TPSA) is 70.9 Å². The van der Waals surface area contributed by atoms with Crippen molar-refractivity contribution in [2.24, 2.45) is 5.10 Å². The summed E-state index contributed by atoms with van der Waals surface area (Å²) in [5.41, 5.74) is 3.80. The summed E-state index contributed by atoms with van der Waals surface area (Å²) in [5.74, 6) is 0.438. The minimum Gasteiger partial charge on any atom is -0.506 e. The van der Waals surface area contributed by atoms with Gasteiger partial charge in [-0.25, -0.2) is 5.43 Å². The first-order valence-electron chi connectivity index (χ1n) is 7.59. The van der Waals surface area contributed by atoms with Gasteiger partial charge < -0.3 is 9.84 Å². The molecule has 0 bridgehead atoms. The number of hydrogen-bond donors (Lipinski definition) is 2. The zero-order valence-corrected chi connectivity index (χ0v) is 15.3. The molecular weight excluding hydrogens is 363 g/mol. The fraction of sp³-hybridized carbons (Fsp3) is 0.222. The number of nitrogens with one attached hydrogen (secondary N) is 1. The summed E-state index contributed by atoms with van der Waals surface area (Å²) in [4.78, 5) is 11.7. The smallest absolute Gasteiger partial charge is 0.277 e. The Kier molecular flexibility index (Phi) is 6.67. The van der Waals surface area contributed by atoms with Crippen LogP contribution in [-0.4, -0.2) is 23.8 Å². The Morgan fingerprint density at radius 2 is 1.96 bits per heavy atom. The first-order valence-corrected chi connectivity index (χ1v) is 8.35. The predicted molar refractivity (Wildman–Crippen MR) is 99.9 cm³/mol. The van der Waals surface area contributed by atoms with E-state index in [0.29, 0.717) is 22.3 Å². The van der Waals surface area contributed by atoms with Crippen LogP contribution in [0.15, 0.2) is 41.5 Å². The molecule has 0 atom stereocenters. The summed E-state index contributed by atoms with van der Waals surface area (Å²) in [6.07, 6.45) is 1.25. The number of hydrazone groups is 1. The van der Waals surface area contributed by atoms with Gasteiger partial charge in [0.1, 0.15) is 11.5 Å². The van der Waals surface area contributed by atoms with Gasteiger partial charge in [-0.1, -0.05) is 49.2 Å². The van der Waals surface area contributed by atoms with Crippen LogP contribution in [0.3, 0.4) is 0 Å². The molecule has 0 spiro atoms. The summed E-state index contributed by atoms with van der Waals surface area (Å²) in [6, 6.07) is 10.4. The van der Waals surface area contributed by atoms with Crippen molar-refractivity contribution in [2.75, 3.05) is 6.61 Å². The summed E-state index contributed by atoms with van der Waals surface area (Å²) < 4.78 is 5.39. The Bertz CT molecular complexity index is 775. The lowest BCUT2D eigenvalue weighted by atomic mass is 10.0. The molecule has 0 radical (unpaired) electrons. The van der Waals surface area contributed by atoms with E-state index in [0.717, 1.165) is 0 Å². The zero-order valence-electron chi connectivity index (χ0n) is 13.8. The molecule has 5 nitrogen and oxygen atoms in total. The number of carbonyl (C=O) groups is 1. The number of rotatable bonds is 6. The lowest BCUT2D eigenvalue weighted by molar-refractivity contribution is -0.123. The molecule has 7 heteroatoms. The Labute approximate surface area is 156 Å². The van der Waals surface area contributed by atoms with E-state index in [1.807, 2.05) is 24.3 Å². The Balaban J connectivity index is 1.86. The molecule has 0 aliphatic carbocycles. The number of benzene rings is 2. The average Bonchev–Trinajstić information content (AvgIpc) is 2.57. The van der Waals surface area contributed by atoms with Crippen molar-refractivity contribution in [3.8, 4) is 11.5 Å². The van der Waals surface area contributed by atoms with E-state index in [1.54, 1.807) is 0 Å². The van der Waals surface area contributed by atoms with Crippen LogP contribution in [0.1, 0.15) is 30.9 Å². The Hall–Kier alpha value is -2.24. The number of amides is 1. The lowest BCUT2D eigenvalue weighted by Crippen LogP contribution is -2.24. The van der Waals surface area contributed by atoms with Crippen LogP contribution >= 0.6 is 23.2 Å². The maximum Gasteiger partial charge on any atom is 0.277 e. The van der Waals surface area contributed by atoms with E-state index in [4.69, 9.17) is 27.9 Å². The maximum absolute atomic E-state index is 11.7. The van der Waals surface area contributed by atoms with Crippen LogP contribution < -0.4 is 10.2 Å². The van der Waals surface area contributed by atoms with Crippen LogP contribution in [0.5, 0.6) is 11.5 Å². The van der Waals surface area contributed by atoms with Crippen LogP contribution in [-0.2, 0) is 4.79 Å². The molecule has 2 rings (SSSR count). The third-order valence-electron chi connectivity index (χ3n) is 3.37. The van der Waals surface area contributed by atoms with E-state index >= 15 is 0 Å². The lowest BCUT2D eigenvalue weighted by Gasteiger charge is -2.08. The van der Waals surface area contributed by atoms with E-state index in [9.17, 15) is 9.90 Å². The highest BCUT2D eigenvalue weighted by Crippen LogP contribution is 2.29. The van der Waals surface area contributed by atoms with Gasteiger partial charge in [-0.15, -0.1) is 0 Å². The molecule has 1 amide bonds. The minimum absolute atomic E-state index is 0.105. The van der Waals surface area contributed by atoms with Crippen molar-refractivity contribution in [3.05, 3.63) is 57.6 Å². The van der Waals surface area contributed by atoms with Gasteiger partial charge in [0.25, 0.3) is 5.91 Å². The van der Waals surface area contributed by atoms with E-state index in [1.165, 1.54) is 23.9 Å². The largest absolute Gasteiger partial charge is 0.506 e.